The Kier molecular flexibility index (Phi) is 14.6. The van der Waals surface area contributed by atoms with Crippen molar-refractivity contribution in [1.29, 1.82) is 0 Å². The second-order valence-corrected chi connectivity index (χ2v) is 10.8. The normalized spacial score (nSPS) is 14.4. The first-order valence-corrected chi connectivity index (χ1v) is 15.3. The number of aliphatic hydroxyl groups is 1. The van der Waals surface area contributed by atoms with E-state index in [4.69, 9.17) is 18.9 Å². The summed E-state index contributed by atoms with van der Waals surface area (Å²) in [5, 5.41) is 18.4. The Labute approximate surface area is 274 Å². The SMILES string of the molecule is C=CCOC(=O)NC(C)CNc1ccc(COC(=O)Nc2cc(OCCCC(=O)OC)c(OC)cc2C(=O)N2CCCC2CO)cc1. The lowest BCUT2D eigenvalue weighted by atomic mass is 10.1. The fourth-order valence-electron chi connectivity index (χ4n) is 4.77. The zero-order chi connectivity index (χ0) is 34.2. The van der Waals surface area contributed by atoms with Crippen molar-refractivity contribution >= 4 is 35.4 Å². The number of alkyl carbamates (subject to hydrolysis) is 1. The molecule has 0 radical (unpaired) electrons. The highest BCUT2D eigenvalue weighted by Gasteiger charge is 2.31. The number of carbonyl (C=O) groups excluding carboxylic acids is 4. The number of carbonyl (C=O) groups is 4. The van der Waals surface area contributed by atoms with Gasteiger partial charge in [-0.2, -0.15) is 0 Å². The van der Waals surface area contributed by atoms with Gasteiger partial charge in [-0.25, -0.2) is 9.59 Å². The standard InChI is InChI=1S/C33H44N4O10/c1-5-15-46-32(41)35-22(2)19-34-24-12-10-23(11-13-24)21-47-33(42)36-27-18-29(45-16-7-9-30(39)44-4)28(43-3)17-26(27)31(40)37-14-6-8-25(37)20-38/h5,10-13,17-18,22,25,34,38H,1,6-9,14-16,19-21H2,2-4H3,(H,35,41)(H,36,42). The molecule has 2 atom stereocenters. The maximum absolute atomic E-state index is 13.6. The number of amides is 3. The first-order valence-electron chi connectivity index (χ1n) is 15.3. The fraction of sp³-hybridized carbons (Fsp3) is 0.455. The van der Waals surface area contributed by atoms with Crippen molar-refractivity contribution in [3.8, 4) is 11.5 Å². The molecule has 4 N–H and O–H groups in total. The maximum Gasteiger partial charge on any atom is 0.411 e. The minimum atomic E-state index is -0.800. The lowest BCUT2D eigenvalue weighted by Gasteiger charge is -2.25. The van der Waals surface area contributed by atoms with Crippen LogP contribution in [0, 0.1) is 0 Å². The van der Waals surface area contributed by atoms with Gasteiger partial charge in [0.1, 0.15) is 13.2 Å². The number of likely N-dealkylation sites (tertiary alicyclic amines) is 1. The van der Waals surface area contributed by atoms with Crippen LogP contribution in [0.5, 0.6) is 11.5 Å². The van der Waals surface area contributed by atoms with E-state index in [1.165, 1.54) is 32.4 Å². The fourth-order valence-corrected chi connectivity index (χ4v) is 4.77. The Morgan fingerprint density at radius 1 is 1.09 bits per heavy atom. The summed E-state index contributed by atoms with van der Waals surface area (Å²) >= 11 is 0. The van der Waals surface area contributed by atoms with Crippen molar-refractivity contribution in [3.05, 3.63) is 60.2 Å². The molecule has 1 fully saturated rings. The van der Waals surface area contributed by atoms with Gasteiger partial charge in [0.05, 0.1) is 44.7 Å². The molecular formula is C33H44N4O10. The molecule has 1 saturated heterocycles. The van der Waals surface area contributed by atoms with Crippen LogP contribution in [0.3, 0.4) is 0 Å². The minimum Gasteiger partial charge on any atom is -0.493 e. The topological polar surface area (TPSA) is 174 Å². The molecule has 2 aromatic carbocycles. The Bertz CT molecular complexity index is 1370. The summed E-state index contributed by atoms with van der Waals surface area (Å²) in [6.45, 7) is 6.32. The predicted octanol–water partition coefficient (Wildman–Crippen LogP) is 4.09. The van der Waals surface area contributed by atoms with Crippen LogP contribution >= 0.6 is 0 Å². The van der Waals surface area contributed by atoms with E-state index in [2.05, 4.69) is 27.3 Å². The highest BCUT2D eigenvalue weighted by atomic mass is 16.6. The van der Waals surface area contributed by atoms with Gasteiger partial charge in [0, 0.05) is 37.3 Å². The summed E-state index contributed by atoms with van der Waals surface area (Å²) in [6, 6.07) is 9.64. The summed E-state index contributed by atoms with van der Waals surface area (Å²) in [5.41, 5.74) is 1.81. The van der Waals surface area contributed by atoms with E-state index in [0.29, 0.717) is 31.5 Å². The molecule has 3 rings (SSSR count). The van der Waals surface area contributed by atoms with Crippen LogP contribution in [0.4, 0.5) is 21.0 Å². The number of anilines is 2. The van der Waals surface area contributed by atoms with E-state index in [9.17, 15) is 24.3 Å². The molecular weight excluding hydrogens is 612 g/mol. The molecule has 14 nitrogen and oxygen atoms in total. The van der Waals surface area contributed by atoms with Crippen LogP contribution in [0.25, 0.3) is 0 Å². The number of rotatable bonds is 17. The average Bonchev–Trinajstić information content (AvgIpc) is 3.56. The summed E-state index contributed by atoms with van der Waals surface area (Å²) in [4.78, 5) is 51.3. The summed E-state index contributed by atoms with van der Waals surface area (Å²) in [6.07, 6.45) is 2.11. The quantitative estimate of drug-likeness (QED) is 0.0836. The number of hydrogen-bond acceptors (Lipinski definition) is 11. The summed E-state index contributed by atoms with van der Waals surface area (Å²) < 4.78 is 26.3. The van der Waals surface area contributed by atoms with Crippen molar-refractivity contribution in [2.45, 2.75) is 51.3 Å². The van der Waals surface area contributed by atoms with Gasteiger partial charge in [-0.05, 0) is 49.9 Å². The highest BCUT2D eigenvalue weighted by Crippen LogP contribution is 2.35. The number of nitrogens with one attached hydrogen (secondary N) is 3. The van der Waals surface area contributed by atoms with Gasteiger partial charge < -0.3 is 44.3 Å². The van der Waals surface area contributed by atoms with Crippen molar-refractivity contribution in [2.24, 2.45) is 0 Å². The lowest BCUT2D eigenvalue weighted by molar-refractivity contribution is -0.140. The molecule has 2 unspecified atom stereocenters. The molecule has 1 aliphatic heterocycles. The van der Waals surface area contributed by atoms with Crippen molar-refractivity contribution in [1.82, 2.24) is 10.2 Å². The van der Waals surface area contributed by atoms with Gasteiger partial charge >= 0.3 is 18.2 Å². The molecule has 14 heteroatoms. The smallest absolute Gasteiger partial charge is 0.411 e. The number of benzene rings is 2. The number of nitrogens with zero attached hydrogens (tertiary/aromatic N) is 1. The largest absolute Gasteiger partial charge is 0.493 e. The van der Waals surface area contributed by atoms with E-state index >= 15 is 0 Å². The van der Waals surface area contributed by atoms with Crippen LogP contribution in [0.2, 0.25) is 0 Å². The van der Waals surface area contributed by atoms with Crippen LogP contribution < -0.4 is 25.4 Å². The molecule has 3 amide bonds. The molecule has 0 aliphatic carbocycles. The third-order valence-electron chi connectivity index (χ3n) is 7.26. The summed E-state index contributed by atoms with van der Waals surface area (Å²) in [5.74, 6) is -0.233. The van der Waals surface area contributed by atoms with E-state index in [0.717, 1.165) is 12.1 Å². The zero-order valence-electron chi connectivity index (χ0n) is 27.0. The number of esters is 1. The van der Waals surface area contributed by atoms with E-state index in [-0.39, 0.29) is 79.6 Å². The van der Waals surface area contributed by atoms with E-state index in [1.54, 1.807) is 17.0 Å². The molecule has 256 valence electrons. The first kappa shape index (κ1) is 36.5. The van der Waals surface area contributed by atoms with Gasteiger partial charge in [-0.15, -0.1) is 0 Å². The minimum absolute atomic E-state index is 0.0474. The van der Waals surface area contributed by atoms with E-state index in [1.807, 2.05) is 19.1 Å². The number of aliphatic hydroxyl groups excluding tert-OH is 1. The van der Waals surface area contributed by atoms with Crippen LogP contribution in [-0.2, 0) is 25.6 Å². The van der Waals surface area contributed by atoms with Crippen LogP contribution in [-0.4, -0.2) is 93.3 Å². The van der Waals surface area contributed by atoms with Crippen molar-refractivity contribution < 1.29 is 48.0 Å². The van der Waals surface area contributed by atoms with Crippen LogP contribution in [0.15, 0.2) is 49.1 Å². The lowest BCUT2D eigenvalue weighted by Crippen LogP contribution is -2.38. The Hall–Kier alpha value is -4.98. The Morgan fingerprint density at radius 2 is 1.85 bits per heavy atom. The van der Waals surface area contributed by atoms with Gasteiger partial charge in [0.25, 0.3) is 5.91 Å². The molecule has 47 heavy (non-hydrogen) atoms. The van der Waals surface area contributed by atoms with Gasteiger partial charge in [0.2, 0.25) is 0 Å². The third-order valence-corrected chi connectivity index (χ3v) is 7.26. The van der Waals surface area contributed by atoms with Gasteiger partial charge in [-0.1, -0.05) is 24.8 Å². The third kappa shape index (κ3) is 11.4. The molecule has 0 saturated carbocycles. The maximum atomic E-state index is 13.6. The Morgan fingerprint density at radius 3 is 2.53 bits per heavy atom. The molecule has 0 aromatic heterocycles. The second kappa shape index (κ2) is 18.9. The highest BCUT2D eigenvalue weighted by molar-refractivity contribution is 6.03. The molecule has 1 heterocycles. The molecule has 0 bridgehead atoms. The average molecular weight is 657 g/mol. The number of hydrogen-bond donors (Lipinski definition) is 4. The molecule has 2 aromatic rings. The molecule has 1 aliphatic rings. The molecule has 0 spiro atoms. The van der Waals surface area contributed by atoms with Crippen molar-refractivity contribution in [2.75, 3.05) is 57.8 Å². The Balaban J connectivity index is 1.65. The van der Waals surface area contributed by atoms with Gasteiger partial charge in [-0.3, -0.25) is 14.9 Å². The number of methoxy groups -OCH3 is 2. The van der Waals surface area contributed by atoms with E-state index < -0.39 is 12.2 Å². The number of ether oxygens (including phenoxy) is 5. The predicted molar refractivity (Wildman–Crippen MR) is 174 cm³/mol. The second-order valence-electron chi connectivity index (χ2n) is 10.8. The summed E-state index contributed by atoms with van der Waals surface area (Å²) in [7, 11) is 2.74. The monoisotopic (exact) mass is 656 g/mol. The zero-order valence-corrected chi connectivity index (χ0v) is 27.0. The van der Waals surface area contributed by atoms with Gasteiger partial charge in [0.15, 0.2) is 11.5 Å². The first-order chi connectivity index (χ1) is 22.7. The van der Waals surface area contributed by atoms with Crippen LogP contribution in [0.1, 0.15) is 48.5 Å². The van der Waals surface area contributed by atoms with Crippen molar-refractivity contribution in [3.63, 3.8) is 0 Å².